The van der Waals surface area contributed by atoms with Crippen LogP contribution in [0.2, 0.25) is 5.02 Å². The average Bonchev–Trinajstić information content (AvgIpc) is 2.60. The second-order valence-corrected chi connectivity index (χ2v) is 5.87. The van der Waals surface area contributed by atoms with Crippen LogP contribution in [0.4, 0.5) is 23.2 Å². The van der Waals surface area contributed by atoms with Crippen molar-refractivity contribution >= 4 is 29.2 Å². The SMILES string of the molecule is O=C(COC(=O)CCc1ccccc1F)Nc1c(Cl)cccc1C(F)(F)F. The Labute approximate surface area is 157 Å². The van der Waals surface area contributed by atoms with E-state index < -0.39 is 41.7 Å². The van der Waals surface area contributed by atoms with Gasteiger partial charge in [-0.1, -0.05) is 35.9 Å². The van der Waals surface area contributed by atoms with Crippen LogP contribution >= 0.6 is 11.6 Å². The second-order valence-electron chi connectivity index (χ2n) is 5.46. The smallest absolute Gasteiger partial charge is 0.418 e. The minimum atomic E-state index is -4.72. The molecule has 4 nitrogen and oxygen atoms in total. The van der Waals surface area contributed by atoms with Crippen molar-refractivity contribution < 1.29 is 31.9 Å². The molecule has 9 heteroatoms. The van der Waals surface area contributed by atoms with E-state index in [2.05, 4.69) is 0 Å². The third kappa shape index (κ3) is 5.96. The topological polar surface area (TPSA) is 55.4 Å². The number of hydrogen-bond donors (Lipinski definition) is 1. The zero-order valence-corrected chi connectivity index (χ0v) is 14.5. The zero-order valence-electron chi connectivity index (χ0n) is 13.8. The van der Waals surface area contributed by atoms with Gasteiger partial charge in [-0.05, 0) is 30.2 Å². The lowest BCUT2D eigenvalue weighted by molar-refractivity contribution is -0.147. The van der Waals surface area contributed by atoms with E-state index in [-0.39, 0.29) is 17.9 Å². The summed E-state index contributed by atoms with van der Waals surface area (Å²) in [5.74, 6) is -2.24. The van der Waals surface area contributed by atoms with E-state index in [9.17, 15) is 27.2 Å². The van der Waals surface area contributed by atoms with Crippen molar-refractivity contribution in [3.05, 3.63) is 64.4 Å². The van der Waals surface area contributed by atoms with Crippen LogP contribution in [0.25, 0.3) is 0 Å². The Morgan fingerprint density at radius 1 is 1.07 bits per heavy atom. The van der Waals surface area contributed by atoms with Crippen molar-refractivity contribution in [3.63, 3.8) is 0 Å². The highest BCUT2D eigenvalue weighted by Gasteiger charge is 2.34. The first-order valence-electron chi connectivity index (χ1n) is 7.73. The molecule has 2 rings (SSSR count). The van der Waals surface area contributed by atoms with Gasteiger partial charge in [-0.25, -0.2) is 4.39 Å². The first-order chi connectivity index (χ1) is 12.7. The number of anilines is 1. The summed E-state index contributed by atoms with van der Waals surface area (Å²) in [6.45, 7) is -0.793. The standard InChI is InChI=1S/C18H14ClF4NO3/c19-13-6-3-5-12(18(21,22)23)17(13)24-15(25)10-27-16(26)9-8-11-4-1-2-7-14(11)20/h1-7H,8-10H2,(H,24,25). The highest BCUT2D eigenvalue weighted by molar-refractivity contribution is 6.34. The molecule has 0 atom stereocenters. The molecule has 1 amide bonds. The van der Waals surface area contributed by atoms with Crippen molar-refractivity contribution in [3.8, 4) is 0 Å². The van der Waals surface area contributed by atoms with Crippen molar-refractivity contribution in [2.75, 3.05) is 11.9 Å². The Morgan fingerprint density at radius 2 is 1.78 bits per heavy atom. The molecule has 27 heavy (non-hydrogen) atoms. The van der Waals surface area contributed by atoms with Crippen LogP contribution in [0.1, 0.15) is 17.5 Å². The molecule has 144 valence electrons. The fourth-order valence-corrected chi connectivity index (χ4v) is 2.44. The number of alkyl halides is 3. The number of esters is 1. The van der Waals surface area contributed by atoms with Gasteiger partial charge in [-0.2, -0.15) is 13.2 Å². The highest BCUT2D eigenvalue weighted by atomic mass is 35.5. The predicted molar refractivity (Wildman–Crippen MR) is 90.8 cm³/mol. The van der Waals surface area contributed by atoms with Crippen LogP contribution in [0.3, 0.4) is 0 Å². The lowest BCUT2D eigenvalue weighted by Gasteiger charge is -2.15. The molecule has 0 saturated heterocycles. The van der Waals surface area contributed by atoms with Crippen molar-refractivity contribution in [1.29, 1.82) is 0 Å². The number of hydrogen-bond acceptors (Lipinski definition) is 3. The molecule has 0 radical (unpaired) electrons. The van der Waals surface area contributed by atoms with E-state index in [0.29, 0.717) is 5.56 Å². The van der Waals surface area contributed by atoms with Gasteiger partial charge in [0.2, 0.25) is 0 Å². The third-order valence-corrected chi connectivity index (χ3v) is 3.82. The van der Waals surface area contributed by atoms with Gasteiger partial charge in [0.15, 0.2) is 6.61 Å². The number of carbonyl (C=O) groups excluding carboxylic acids is 2. The normalized spacial score (nSPS) is 11.1. The summed E-state index contributed by atoms with van der Waals surface area (Å²) >= 11 is 5.72. The van der Waals surface area contributed by atoms with Crippen molar-refractivity contribution in [1.82, 2.24) is 0 Å². The van der Waals surface area contributed by atoms with Crippen LogP contribution in [0.5, 0.6) is 0 Å². The average molecular weight is 404 g/mol. The summed E-state index contributed by atoms with van der Waals surface area (Å²) in [6, 6.07) is 8.92. The van der Waals surface area contributed by atoms with Gasteiger partial charge in [-0.3, -0.25) is 9.59 Å². The largest absolute Gasteiger partial charge is 0.456 e. The number of aryl methyl sites for hydroxylation is 1. The minimum Gasteiger partial charge on any atom is -0.456 e. The quantitative estimate of drug-likeness (QED) is 0.566. The van der Waals surface area contributed by atoms with E-state index in [0.717, 1.165) is 12.1 Å². The number of amides is 1. The number of halogens is 5. The van der Waals surface area contributed by atoms with E-state index in [1.807, 2.05) is 5.32 Å². The Balaban J connectivity index is 1.90. The summed E-state index contributed by atoms with van der Waals surface area (Å²) in [7, 11) is 0. The molecule has 0 aromatic heterocycles. The van der Waals surface area contributed by atoms with Gasteiger partial charge < -0.3 is 10.1 Å². The van der Waals surface area contributed by atoms with Gasteiger partial charge >= 0.3 is 12.1 Å². The molecule has 0 bridgehead atoms. The molecular weight excluding hydrogens is 390 g/mol. The number of carbonyl (C=O) groups is 2. The molecule has 0 aliphatic heterocycles. The van der Waals surface area contributed by atoms with Crippen LogP contribution in [0.15, 0.2) is 42.5 Å². The number of ether oxygens (including phenoxy) is 1. The molecule has 0 aliphatic carbocycles. The van der Waals surface area contributed by atoms with E-state index in [1.54, 1.807) is 6.07 Å². The molecule has 0 unspecified atom stereocenters. The Morgan fingerprint density at radius 3 is 2.44 bits per heavy atom. The first kappa shape index (κ1) is 20.7. The second kappa shape index (κ2) is 8.85. The molecule has 0 aliphatic rings. The Kier molecular flexibility index (Phi) is 6.79. The zero-order chi connectivity index (χ0) is 20.0. The molecule has 2 aromatic rings. The lowest BCUT2D eigenvalue weighted by atomic mass is 10.1. The van der Waals surface area contributed by atoms with Gasteiger partial charge in [0.25, 0.3) is 5.91 Å². The number of rotatable bonds is 6. The minimum absolute atomic E-state index is 0.0653. The number of para-hydroxylation sites is 1. The van der Waals surface area contributed by atoms with Gasteiger partial charge in [0.1, 0.15) is 5.82 Å². The molecule has 0 fully saturated rings. The molecule has 0 saturated carbocycles. The summed E-state index contributed by atoms with van der Waals surface area (Å²) < 4.78 is 57.0. The fourth-order valence-electron chi connectivity index (χ4n) is 2.22. The molecule has 1 N–H and O–H groups in total. The van der Waals surface area contributed by atoms with Gasteiger partial charge in [0.05, 0.1) is 16.3 Å². The summed E-state index contributed by atoms with van der Waals surface area (Å²) in [4.78, 5) is 23.4. The molecular formula is C18H14ClF4NO3. The maximum atomic E-state index is 13.4. The molecule has 2 aromatic carbocycles. The summed E-state index contributed by atoms with van der Waals surface area (Å²) in [5.41, 5.74) is -1.42. The van der Waals surface area contributed by atoms with Crippen molar-refractivity contribution in [2.24, 2.45) is 0 Å². The first-order valence-corrected chi connectivity index (χ1v) is 8.11. The van der Waals surface area contributed by atoms with E-state index >= 15 is 0 Å². The van der Waals surface area contributed by atoms with Crippen LogP contribution in [0, 0.1) is 5.82 Å². The summed E-state index contributed by atoms with van der Waals surface area (Å²) in [6.07, 6.45) is -4.84. The Hall–Kier alpha value is -2.61. The Bertz CT molecular complexity index is 840. The van der Waals surface area contributed by atoms with Crippen molar-refractivity contribution in [2.45, 2.75) is 19.0 Å². The van der Waals surface area contributed by atoms with Gasteiger partial charge in [0, 0.05) is 6.42 Å². The monoisotopic (exact) mass is 403 g/mol. The molecule has 0 spiro atoms. The number of nitrogens with one attached hydrogen (secondary N) is 1. The lowest BCUT2D eigenvalue weighted by Crippen LogP contribution is -2.23. The maximum absolute atomic E-state index is 13.4. The summed E-state index contributed by atoms with van der Waals surface area (Å²) in [5, 5.41) is 1.69. The number of benzene rings is 2. The molecule has 0 heterocycles. The third-order valence-electron chi connectivity index (χ3n) is 3.50. The highest BCUT2D eigenvalue weighted by Crippen LogP contribution is 2.38. The van der Waals surface area contributed by atoms with Crippen LogP contribution < -0.4 is 5.32 Å². The van der Waals surface area contributed by atoms with Gasteiger partial charge in [-0.15, -0.1) is 0 Å². The van der Waals surface area contributed by atoms with Crippen LogP contribution in [-0.2, 0) is 26.9 Å². The fraction of sp³-hybridized carbons (Fsp3) is 0.222. The van der Waals surface area contributed by atoms with Crippen LogP contribution in [-0.4, -0.2) is 18.5 Å². The predicted octanol–water partition coefficient (Wildman–Crippen LogP) is 4.61. The maximum Gasteiger partial charge on any atom is 0.418 e. The van der Waals surface area contributed by atoms with E-state index in [4.69, 9.17) is 16.3 Å². The van der Waals surface area contributed by atoms with E-state index in [1.165, 1.54) is 24.3 Å².